The number of rotatable bonds is 5. The van der Waals surface area contributed by atoms with Crippen LogP contribution in [0.1, 0.15) is 16.7 Å². The number of carboxylic acid groups (broad SMARTS) is 1. The molecule has 1 fully saturated rings. The van der Waals surface area contributed by atoms with Crippen molar-refractivity contribution in [2.24, 2.45) is 0 Å². The van der Waals surface area contributed by atoms with Crippen molar-refractivity contribution in [3.63, 3.8) is 0 Å². The monoisotopic (exact) mass is 337 g/mol. The van der Waals surface area contributed by atoms with Gasteiger partial charge in [-0.3, -0.25) is 9.69 Å². The first-order valence-electron chi connectivity index (χ1n) is 8.40. The minimum atomic E-state index is -0.771. The first-order chi connectivity index (χ1) is 12.2. The zero-order chi connectivity index (χ0) is 17.3. The Kier molecular flexibility index (Phi) is 5.34. The summed E-state index contributed by atoms with van der Waals surface area (Å²) in [6.07, 6.45) is 0. The van der Waals surface area contributed by atoms with Gasteiger partial charge >= 0.3 is 24.8 Å². The van der Waals surface area contributed by atoms with Crippen LogP contribution in [0.3, 0.4) is 0 Å². The standard InChI is InChI=1S/C22H19NO2.Li.H/c24-21(25)20-16-23(20)22(17-10-4-1-5-11-17,18-12-6-2-7-13-18)19-14-8-3-9-15-19;;/h1-15,20H,16H2,(H,24,25);;. The van der Waals surface area contributed by atoms with Crippen molar-refractivity contribution in [1.82, 2.24) is 4.90 Å². The van der Waals surface area contributed by atoms with Crippen molar-refractivity contribution >= 4 is 24.8 Å². The van der Waals surface area contributed by atoms with Gasteiger partial charge in [-0.05, 0) is 16.7 Å². The van der Waals surface area contributed by atoms with Crippen LogP contribution in [-0.4, -0.2) is 47.4 Å². The van der Waals surface area contributed by atoms with Crippen molar-refractivity contribution in [3.05, 3.63) is 108 Å². The maximum absolute atomic E-state index is 11.7. The number of aliphatic carboxylic acids is 1. The first kappa shape index (κ1) is 18.5. The van der Waals surface area contributed by atoms with Crippen LogP contribution in [0.25, 0.3) is 0 Å². The number of hydrogen-bond acceptors (Lipinski definition) is 2. The number of carboxylic acids is 1. The molecular weight excluding hydrogens is 317 g/mol. The Balaban J connectivity index is 0.00000196. The van der Waals surface area contributed by atoms with E-state index in [4.69, 9.17) is 0 Å². The average molecular weight is 337 g/mol. The summed E-state index contributed by atoms with van der Waals surface area (Å²) in [6.45, 7) is 0.536. The van der Waals surface area contributed by atoms with Gasteiger partial charge in [0.15, 0.2) is 0 Å². The number of carbonyl (C=O) groups is 1. The summed E-state index contributed by atoms with van der Waals surface area (Å²) >= 11 is 0. The molecule has 126 valence electrons. The number of benzene rings is 3. The Morgan fingerprint density at radius 1 is 0.769 bits per heavy atom. The second-order valence-corrected chi connectivity index (χ2v) is 6.31. The van der Waals surface area contributed by atoms with Gasteiger partial charge in [-0.25, -0.2) is 0 Å². The molecule has 2 atom stereocenters. The van der Waals surface area contributed by atoms with Crippen LogP contribution in [0, 0.1) is 0 Å². The summed E-state index contributed by atoms with van der Waals surface area (Å²) in [4.78, 5) is 13.7. The van der Waals surface area contributed by atoms with Gasteiger partial charge in [0.05, 0.1) is 5.54 Å². The molecule has 26 heavy (non-hydrogen) atoms. The van der Waals surface area contributed by atoms with Gasteiger partial charge in [0.1, 0.15) is 6.04 Å². The summed E-state index contributed by atoms with van der Waals surface area (Å²) in [5, 5.41) is 9.59. The van der Waals surface area contributed by atoms with Crippen LogP contribution >= 0.6 is 0 Å². The Labute approximate surface area is 165 Å². The molecule has 0 amide bonds. The summed E-state index contributed by atoms with van der Waals surface area (Å²) < 4.78 is 0. The van der Waals surface area contributed by atoms with E-state index in [1.807, 2.05) is 54.6 Å². The van der Waals surface area contributed by atoms with Crippen molar-refractivity contribution < 1.29 is 9.90 Å². The molecule has 1 heterocycles. The van der Waals surface area contributed by atoms with Crippen LogP contribution in [-0.2, 0) is 10.3 Å². The maximum atomic E-state index is 11.7. The number of hydrogen-bond donors (Lipinski definition) is 1. The van der Waals surface area contributed by atoms with E-state index in [0.717, 1.165) is 16.7 Å². The topological polar surface area (TPSA) is 40.3 Å². The molecule has 1 aliphatic heterocycles. The first-order valence-corrected chi connectivity index (χ1v) is 8.40. The zero-order valence-electron chi connectivity index (χ0n) is 13.7. The molecule has 0 radical (unpaired) electrons. The van der Waals surface area contributed by atoms with Gasteiger partial charge in [-0.2, -0.15) is 0 Å². The molecule has 1 N–H and O–H groups in total. The minimum absolute atomic E-state index is 0. The molecule has 0 bridgehead atoms. The van der Waals surface area contributed by atoms with Crippen molar-refractivity contribution in [2.75, 3.05) is 6.54 Å². The van der Waals surface area contributed by atoms with Gasteiger partial charge in [-0.1, -0.05) is 91.0 Å². The summed E-state index contributed by atoms with van der Waals surface area (Å²) in [6, 6.07) is 30.0. The van der Waals surface area contributed by atoms with Crippen LogP contribution in [0.2, 0.25) is 0 Å². The van der Waals surface area contributed by atoms with Crippen LogP contribution in [0.4, 0.5) is 0 Å². The van der Waals surface area contributed by atoms with E-state index < -0.39 is 17.6 Å². The second kappa shape index (κ2) is 7.51. The molecule has 0 aromatic heterocycles. The molecule has 3 aromatic carbocycles. The molecule has 0 spiro atoms. The van der Waals surface area contributed by atoms with Gasteiger partial charge in [-0.15, -0.1) is 0 Å². The van der Waals surface area contributed by atoms with E-state index >= 15 is 0 Å². The Hall–Kier alpha value is -2.31. The van der Waals surface area contributed by atoms with Gasteiger partial charge in [0, 0.05) is 6.54 Å². The van der Waals surface area contributed by atoms with Gasteiger partial charge in [0.25, 0.3) is 0 Å². The van der Waals surface area contributed by atoms with E-state index in [-0.39, 0.29) is 18.9 Å². The molecule has 1 aliphatic rings. The molecule has 4 heteroatoms. The fourth-order valence-corrected chi connectivity index (χ4v) is 3.76. The van der Waals surface area contributed by atoms with Crippen molar-refractivity contribution in [2.45, 2.75) is 11.6 Å². The fraction of sp³-hybridized carbons (Fsp3) is 0.136. The van der Waals surface area contributed by atoms with Crippen molar-refractivity contribution in [1.29, 1.82) is 0 Å². The summed E-state index contributed by atoms with van der Waals surface area (Å²) in [5.41, 5.74) is 2.63. The van der Waals surface area contributed by atoms with E-state index in [9.17, 15) is 9.90 Å². The molecule has 3 nitrogen and oxygen atoms in total. The van der Waals surface area contributed by atoms with E-state index in [0.29, 0.717) is 6.54 Å². The molecule has 3 aromatic rings. The molecule has 0 aliphatic carbocycles. The quantitative estimate of drug-likeness (QED) is 0.442. The summed E-state index contributed by atoms with van der Waals surface area (Å²) in [7, 11) is 0. The summed E-state index contributed by atoms with van der Waals surface area (Å²) in [5.74, 6) is -0.771. The predicted molar refractivity (Wildman–Crippen MR) is 104 cm³/mol. The Morgan fingerprint density at radius 2 is 1.12 bits per heavy atom. The van der Waals surface area contributed by atoms with Crippen molar-refractivity contribution in [3.8, 4) is 0 Å². The molecular formula is C22H20LiNO2. The Morgan fingerprint density at radius 3 is 1.38 bits per heavy atom. The van der Waals surface area contributed by atoms with Crippen LogP contribution < -0.4 is 0 Å². The molecule has 0 saturated carbocycles. The van der Waals surface area contributed by atoms with Gasteiger partial charge in [0.2, 0.25) is 0 Å². The van der Waals surface area contributed by atoms with E-state index in [1.54, 1.807) is 0 Å². The third-order valence-corrected chi connectivity index (χ3v) is 4.90. The second-order valence-electron chi connectivity index (χ2n) is 6.31. The normalized spacial score (nSPS) is 18.6. The SMILES string of the molecule is O=C(O)C1CN1C(c1ccccc1)(c1ccccc1)c1ccccc1.[LiH]. The predicted octanol–water partition coefficient (Wildman–Crippen LogP) is 3.10. The molecule has 1 saturated heterocycles. The van der Waals surface area contributed by atoms with Crippen LogP contribution in [0.5, 0.6) is 0 Å². The average Bonchev–Trinajstić information content (AvgIpc) is 3.47. The zero-order valence-corrected chi connectivity index (χ0v) is 13.7. The molecule has 4 rings (SSSR count). The fourth-order valence-electron chi connectivity index (χ4n) is 3.76. The number of nitrogens with zero attached hydrogens (tertiary/aromatic N) is 1. The third kappa shape index (κ3) is 2.99. The molecule has 2 unspecified atom stereocenters. The van der Waals surface area contributed by atoms with Crippen LogP contribution in [0.15, 0.2) is 91.0 Å². The Bertz CT molecular complexity index is 772. The van der Waals surface area contributed by atoms with E-state index in [1.165, 1.54) is 0 Å². The van der Waals surface area contributed by atoms with Gasteiger partial charge < -0.3 is 5.11 Å². The van der Waals surface area contributed by atoms with E-state index in [2.05, 4.69) is 41.3 Å². The third-order valence-electron chi connectivity index (χ3n) is 4.90.